The van der Waals surface area contributed by atoms with E-state index < -0.39 is 11.9 Å². The first-order chi connectivity index (χ1) is 8.97. The number of hydrogen-bond acceptors (Lipinski definition) is 4. The summed E-state index contributed by atoms with van der Waals surface area (Å²) in [7, 11) is 0. The van der Waals surface area contributed by atoms with Gasteiger partial charge in [0.05, 0.1) is 29.8 Å². The maximum atomic E-state index is 12.3. The predicted octanol–water partition coefficient (Wildman–Crippen LogP) is 3.06. The third kappa shape index (κ3) is 3.40. The molecule has 1 atom stereocenters. The van der Waals surface area contributed by atoms with Crippen LogP contribution in [-0.4, -0.2) is 15.0 Å². The number of nitrogens with zero attached hydrogens (tertiary/aromatic N) is 3. The number of nitrogens with one attached hydrogen (secondary N) is 1. The first-order valence-corrected chi connectivity index (χ1v) is 5.52. The molecule has 0 spiro atoms. The standard InChI is InChI=1S/C12H11F3N4/c1-8(10-7-16-4-5-17-10)19-9-2-3-11(18-6-9)12(13,14)15/h2-8,19H,1H3. The molecule has 0 fully saturated rings. The average Bonchev–Trinajstić information content (AvgIpc) is 2.39. The van der Waals surface area contributed by atoms with Crippen LogP contribution < -0.4 is 5.32 Å². The molecule has 1 N–H and O–H groups in total. The molecule has 0 aliphatic heterocycles. The normalized spacial score (nSPS) is 13.1. The van der Waals surface area contributed by atoms with Crippen LogP contribution in [0.1, 0.15) is 24.4 Å². The van der Waals surface area contributed by atoms with Gasteiger partial charge in [0.15, 0.2) is 0 Å². The highest BCUT2D eigenvalue weighted by atomic mass is 19.4. The topological polar surface area (TPSA) is 50.7 Å². The molecule has 0 aliphatic rings. The van der Waals surface area contributed by atoms with Crippen molar-refractivity contribution in [2.24, 2.45) is 0 Å². The Kier molecular flexibility index (Phi) is 3.64. The van der Waals surface area contributed by atoms with Crippen molar-refractivity contribution in [1.29, 1.82) is 0 Å². The third-order valence-corrected chi connectivity index (χ3v) is 2.46. The van der Waals surface area contributed by atoms with Gasteiger partial charge in [0.25, 0.3) is 0 Å². The first kappa shape index (κ1) is 13.3. The lowest BCUT2D eigenvalue weighted by Gasteiger charge is -2.14. The van der Waals surface area contributed by atoms with Gasteiger partial charge in [0.2, 0.25) is 0 Å². The van der Waals surface area contributed by atoms with E-state index in [4.69, 9.17) is 0 Å². The van der Waals surface area contributed by atoms with Crippen molar-refractivity contribution in [3.8, 4) is 0 Å². The second kappa shape index (κ2) is 5.21. The Hall–Kier alpha value is -2.18. The highest BCUT2D eigenvalue weighted by Gasteiger charge is 2.32. The first-order valence-electron chi connectivity index (χ1n) is 5.52. The Labute approximate surface area is 107 Å². The van der Waals surface area contributed by atoms with Gasteiger partial charge in [0, 0.05) is 12.4 Å². The van der Waals surface area contributed by atoms with Crippen molar-refractivity contribution in [3.63, 3.8) is 0 Å². The Balaban J connectivity index is 2.08. The average molecular weight is 268 g/mol. The fourth-order valence-electron chi connectivity index (χ4n) is 1.51. The zero-order valence-corrected chi connectivity index (χ0v) is 10.0. The molecule has 1 unspecified atom stereocenters. The van der Waals surface area contributed by atoms with Gasteiger partial charge in [-0.05, 0) is 19.1 Å². The highest BCUT2D eigenvalue weighted by molar-refractivity contribution is 5.43. The van der Waals surface area contributed by atoms with E-state index in [2.05, 4.69) is 20.3 Å². The lowest BCUT2D eigenvalue weighted by molar-refractivity contribution is -0.141. The second-order valence-corrected chi connectivity index (χ2v) is 3.93. The largest absolute Gasteiger partial charge is 0.433 e. The van der Waals surface area contributed by atoms with E-state index in [1.807, 2.05) is 6.92 Å². The quantitative estimate of drug-likeness (QED) is 0.929. The van der Waals surface area contributed by atoms with Crippen LogP contribution in [0.2, 0.25) is 0 Å². The molecule has 0 aromatic carbocycles. The summed E-state index contributed by atoms with van der Waals surface area (Å²) in [5.74, 6) is 0. The van der Waals surface area contributed by atoms with Crippen molar-refractivity contribution < 1.29 is 13.2 Å². The van der Waals surface area contributed by atoms with Gasteiger partial charge in [-0.2, -0.15) is 13.2 Å². The maximum absolute atomic E-state index is 12.3. The summed E-state index contributed by atoms with van der Waals surface area (Å²) in [4.78, 5) is 11.4. The SMILES string of the molecule is CC(Nc1ccc(C(F)(F)F)nc1)c1cnccn1. The van der Waals surface area contributed by atoms with Crippen LogP contribution >= 0.6 is 0 Å². The highest BCUT2D eigenvalue weighted by Crippen LogP contribution is 2.28. The molecule has 2 aromatic rings. The summed E-state index contributed by atoms with van der Waals surface area (Å²) in [5.41, 5.74) is 0.277. The summed E-state index contributed by atoms with van der Waals surface area (Å²) < 4.78 is 37.0. The molecule has 19 heavy (non-hydrogen) atoms. The molecule has 2 aromatic heterocycles. The zero-order valence-electron chi connectivity index (χ0n) is 10.0. The number of halogens is 3. The van der Waals surface area contributed by atoms with Gasteiger partial charge in [0.1, 0.15) is 5.69 Å². The van der Waals surface area contributed by atoms with Crippen molar-refractivity contribution in [2.45, 2.75) is 19.1 Å². The Morgan fingerprint density at radius 2 is 1.89 bits per heavy atom. The molecule has 0 amide bonds. The molecule has 0 saturated carbocycles. The minimum Gasteiger partial charge on any atom is -0.376 e. The van der Waals surface area contributed by atoms with Crippen LogP contribution in [0, 0.1) is 0 Å². The summed E-state index contributed by atoms with van der Waals surface area (Å²) in [5, 5.41) is 3.00. The Morgan fingerprint density at radius 1 is 1.11 bits per heavy atom. The summed E-state index contributed by atoms with van der Waals surface area (Å²) in [6.07, 6.45) is 1.42. The third-order valence-electron chi connectivity index (χ3n) is 2.46. The fourth-order valence-corrected chi connectivity index (χ4v) is 1.51. The molecule has 0 saturated heterocycles. The molecule has 4 nitrogen and oxygen atoms in total. The van der Waals surface area contributed by atoms with Gasteiger partial charge in [-0.25, -0.2) is 4.98 Å². The molecule has 0 radical (unpaired) electrons. The van der Waals surface area contributed by atoms with Gasteiger partial charge in [-0.1, -0.05) is 0 Å². The number of aromatic nitrogens is 3. The predicted molar refractivity (Wildman–Crippen MR) is 63.3 cm³/mol. The number of rotatable bonds is 3. The molecule has 100 valence electrons. The van der Waals surface area contributed by atoms with Gasteiger partial charge >= 0.3 is 6.18 Å². The van der Waals surface area contributed by atoms with Crippen molar-refractivity contribution in [1.82, 2.24) is 15.0 Å². The van der Waals surface area contributed by atoms with Gasteiger partial charge in [-0.3, -0.25) is 9.97 Å². The Morgan fingerprint density at radius 3 is 2.42 bits per heavy atom. The molecule has 0 bridgehead atoms. The van der Waals surface area contributed by atoms with Crippen LogP contribution in [0.5, 0.6) is 0 Å². The fraction of sp³-hybridized carbons (Fsp3) is 0.250. The van der Waals surface area contributed by atoms with Crippen molar-refractivity contribution >= 4 is 5.69 Å². The van der Waals surface area contributed by atoms with Gasteiger partial charge in [-0.15, -0.1) is 0 Å². The number of alkyl halides is 3. The van der Waals surface area contributed by atoms with Gasteiger partial charge < -0.3 is 5.32 Å². The van der Waals surface area contributed by atoms with Crippen LogP contribution in [0.25, 0.3) is 0 Å². The van der Waals surface area contributed by atoms with E-state index in [0.29, 0.717) is 11.4 Å². The lowest BCUT2D eigenvalue weighted by Crippen LogP contribution is -2.11. The van der Waals surface area contributed by atoms with Crippen LogP contribution in [0.3, 0.4) is 0 Å². The van der Waals surface area contributed by atoms with Crippen LogP contribution in [-0.2, 0) is 6.18 Å². The summed E-state index contributed by atoms with van der Waals surface area (Å²) >= 11 is 0. The maximum Gasteiger partial charge on any atom is 0.433 e. The van der Waals surface area contributed by atoms with E-state index in [1.54, 1.807) is 18.6 Å². The van der Waals surface area contributed by atoms with E-state index in [-0.39, 0.29) is 6.04 Å². The molecule has 2 heterocycles. The second-order valence-electron chi connectivity index (χ2n) is 3.93. The molecule has 0 aliphatic carbocycles. The van der Waals surface area contributed by atoms with E-state index >= 15 is 0 Å². The smallest absolute Gasteiger partial charge is 0.376 e. The van der Waals surface area contributed by atoms with Crippen molar-refractivity contribution in [3.05, 3.63) is 48.3 Å². The monoisotopic (exact) mass is 268 g/mol. The minimum atomic E-state index is -4.42. The van der Waals surface area contributed by atoms with Crippen LogP contribution in [0.4, 0.5) is 18.9 Å². The zero-order chi connectivity index (χ0) is 13.9. The molecule has 2 rings (SSSR count). The van der Waals surface area contributed by atoms with E-state index in [9.17, 15) is 13.2 Å². The number of anilines is 1. The summed E-state index contributed by atoms with van der Waals surface area (Å²) in [6.45, 7) is 1.84. The van der Waals surface area contributed by atoms with Crippen molar-refractivity contribution in [2.75, 3.05) is 5.32 Å². The Bertz CT molecular complexity index is 525. The van der Waals surface area contributed by atoms with E-state index in [0.717, 1.165) is 12.3 Å². The molecular weight excluding hydrogens is 257 g/mol. The number of hydrogen-bond donors (Lipinski definition) is 1. The number of pyridine rings is 1. The molecular formula is C12H11F3N4. The lowest BCUT2D eigenvalue weighted by atomic mass is 10.2. The minimum absolute atomic E-state index is 0.174. The summed E-state index contributed by atoms with van der Waals surface area (Å²) in [6, 6.07) is 2.10. The van der Waals surface area contributed by atoms with Crippen LogP contribution in [0.15, 0.2) is 36.9 Å². The molecule has 7 heteroatoms. The van der Waals surface area contributed by atoms with E-state index in [1.165, 1.54) is 6.07 Å².